The summed E-state index contributed by atoms with van der Waals surface area (Å²) in [6, 6.07) is 27.6. The van der Waals surface area contributed by atoms with Crippen LogP contribution in [0.3, 0.4) is 0 Å². The molecule has 3 aromatic carbocycles. The van der Waals surface area contributed by atoms with Gasteiger partial charge in [-0.05, 0) is 84.5 Å². The van der Waals surface area contributed by atoms with Crippen LogP contribution in [0.2, 0.25) is 0 Å². The summed E-state index contributed by atoms with van der Waals surface area (Å²) in [5, 5.41) is 0. The molecule has 49 heavy (non-hydrogen) atoms. The van der Waals surface area contributed by atoms with E-state index in [1.807, 2.05) is 81.4 Å². The Bertz CT molecular complexity index is 1830. The zero-order valence-electron chi connectivity index (χ0n) is 27.1. The Morgan fingerprint density at radius 2 is 1.49 bits per heavy atom. The summed E-state index contributed by atoms with van der Waals surface area (Å²) >= 11 is 0. The van der Waals surface area contributed by atoms with Gasteiger partial charge in [-0.1, -0.05) is 66.7 Å². The number of anilines is 1. The molecule has 5 aromatic rings. The van der Waals surface area contributed by atoms with Crippen molar-refractivity contribution in [2.24, 2.45) is 0 Å². The molecule has 0 fully saturated rings. The number of nitrogens with zero attached hydrogens (tertiary/aromatic N) is 3. The number of rotatable bonds is 13. The average molecular weight is 674 g/mol. The molecule has 254 valence electrons. The molecule has 2 atom stereocenters. The highest BCUT2D eigenvalue weighted by Crippen LogP contribution is 2.38. The summed E-state index contributed by atoms with van der Waals surface area (Å²) in [6.45, 7) is -0.538. The first-order valence-electron chi connectivity index (χ1n) is 15.6. The predicted octanol–water partition coefficient (Wildman–Crippen LogP) is 9.58. The lowest BCUT2D eigenvalue weighted by Crippen LogP contribution is -2.35. The molecule has 0 aliphatic heterocycles. The van der Waals surface area contributed by atoms with Crippen LogP contribution in [0.25, 0.3) is 0 Å². The summed E-state index contributed by atoms with van der Waals surface area (Å²) in [5.74, 6) is -1.24. The van der Waals surface area contributed by atoms with Gasteiger partial charge in [-0.25, -0.2) is 9.78 Å². The molecule has 0 aliphatic rings. The van der Waals surface area contributed by atoms with E-state index in [1.54, 1.807) is 30.6 Å². The van der Waals surface area contributed by atoms with E-state index >= 15 is 0 Å². The van der Waals surface area contributed by atoms with Crippen molar-refractivity contribution in [3.8, 4) is 11.5 Å². The van der Waals surface area contributed by atoms with Gasteiger partial charge < -0.3 is 14.2 Å². The Hall–Kier alpha value is -5.45. The summed E-state index contributed by atoms with van der Waals surface area (Å²) < 4.78 is 67.4. The van der Waals surface area contributed by atoms with Crippen molar-refractivity contribution >= 4 is 11.9 Å². The van der Waals surface area contributed by atoms with Gasteiger partial charge in [-0.3, -0.25) is 9.88 Å². The average Bonchev–Trinajstić information content (AvgIpc) is 3.09. The van der Waals surface area contributed by atoms with E-state index in [9.17, 15) is 22.4 Å². The molecule has 0 spiro atoms. The monoisotopic (exact) mass is 673 g/mol. The van der Waals surface area contributed by atoms with Crippen LogP contribution in [0.1, 0.15) is 58.0 Å². The van der Waals surface area contributed by atoms with E-state index in [2.05, 4.69) is 14.5 Å². The van der Waals surface area contributed by atoms with Gasteiger partial charge in [0.15, 0.2) is 11.5 Å². The maximum Gasteiger partial charge on any atom is 0.416 e. The number of amides is 1. The van der Waals surface area contributed by atoms with E-state index in [0.717, 1.165) is 22.3 Å². The second-order valence-corrected chi connectivity index (χ2v) is 11.4. The van der Waals surface area contributed by atoms with Gasteiger partial charge in [0.05, 0.1) is 6.04 Å². The minimum Gasteiger partial charge on any atom is -0.444 e. The molecule has 0 saturated carbocycles. The molecule has 7 nitrogen and oxygen atoms in total. The number of carbonyl (C=O) groups is 1. The molecule has 0 saturated heterocycles. The van der Waals surface area contributed by atoms with E-state index in [-0.39, 0.29) is 6.61 Å². The SMILES string of the molecule is Cc1cccc(C(C)N(C(=O)OCc2ccccc2)c2ccc(C(Cc3ccccn3)c3ccc(OC(F)F)c(OC(F)F)c3)cn2)c1C. The lowest BCUT2D eigenvalue weighted by atomic mass is 9.88. The lowest BCUT2D eigenvalue weighted by molar-refractivity contribution is -0.0692. The van der Waals surface area contributed by atoms with Crippen LogP contribution in [0, 0.1) is 13.8 Å². The van der Waals surface area contributed by atoms with Crippen molar-refractivity contribution in [2.45, 2.75) is 59.0 Å². The second-order valence-electron chi connectivity index (χ2n) is 11.4. The van der Waals surface area contributed by atoms with Crippen LogP contribution in [-0.2, 0) is 17.8 Å². The third-order valence-electron chi connectivity index (χ3n) is 8.25. The molecule has 0 aliphatic carbocycles. The molecule has 11 heteroatoms. The van der Waals surface area contributed by atoms with Crippen LogP contribution in [-0.4, -0.2) is 29.3 Å². The topological polar surface area (TPSA) is 73.8 Å². The first-order valence-corrected chi connectivity index (χ1v) is 15.6. The molecule has 5 rings (SSSR count). The van der Waals surface area contributed by atoms with Crippen LogP contribution >= 0.6 is 0 Å². The smallest absolute Gasteiger partial charge is 0.416 e. The number of benzene rings is 3. The second kappa shape index (κ2) is 16.1. The highest BCUT2D eigenvalue weighted by Gasteiger charge is 2.28. The van der Waals surface area contributed by atoms with Crippen molar-refractivity contribution in [1.82, 2.24) is 9.97 Å². The zero-order valence-corrected chi connectivity index (χ0v) is 27.1. The molecular weight excluding hydrogens is 638 g/mol. The molecule has 2 heterocycles. The number of aromatic nitrogens is 2. The van der Waals surface area contributed by atoms with E-state index in [1.165, 1.54) is 23.1 Å². The number of ether oxygens (including phenoxy) is 3. The Balaban J connectivity index is 1.52. The number of aryl methyl sites for hydroxylation is 1. The van der Waals surface area contributed by atoms with Crippen molar-refractivity contribution in [2.75, 3.05) is 4.90 Å². The third-order valence-corrected chi connectivity index (χ3v) is 8.25. The molecule has 2 aromatic heterocycles. The van der Waals surface area contributed by atoms with Gasteiger partial charge >= 0.3 is 19.3 Å². The van der Waals surface area contributed by atoms with Crippen molar-refractivity contribution < 1.29 is 36.6 Å². The first-order chi connectivity index (χ1) is 23.6. The lowest BCUT2D eigenvalue weighted by Gasteiger charge is -2.30. The Morgan fingerprint density at radius 1 is 0.776 bits per heavy atom. The van der Waals surface area contributed by atoms with Gasteiger partial charge in [0.25, 0.3) is 0 Å². The van der Waals surface area contributed by atoms with Gasteiger partial charge in [0.2, 0.25) is 0 Å². The number of halogens is 4. The maximum atomic E-state index is 13.8. The number of hydrogen-bond acceptors (Lipinski definition) is 6. The Morgan fingerprint density at radius 3 is 2.16 bits per heavy atom. The zero-order chi connectivity index (χ0) is 34.9. The van der Waals surface area contributed by atoms with Crippen molar-refractivity contribution in [3.05, 3.63) is 149 Å². The minimum absolute atomic E-state index is 0.0637. The fourth-order valence-electron chi connectivity index (χ4n) is 5.63. The summed E-state index contributed by atoms with van der Waals surface area (Å²) in [7, 11) is 0. The number of carbonyl (C=O) groups excluding carboxylic acids is 1. The number of alkyl halides is 4. The van der Waals surface area contributed by atoms with Gasteiger partial charge in [-0.15, -0.1) is 0 Å². The molecule has 0 bridgehead atoms. The molecule has 2 unspecified atom stereocenters. The fraction of sp³-hybridized carbons (Fsp3) is 0.237. The molecule has 0 radical (unpaired) electrons. The highest BCUT2D eigenvalue weighted by molar-refractivity contribution is 5.87. The van der Waals surface area contributed by atoms with Gasteiger partial charge in [0.1, 0.15) is 12.4 Å². The van der Waals surface area contributed by atoms with Crippen LogP contribution in [0.5, 0.6) is 11.5 Å². The highest BCUT2D eigenvalue weighted by atomic mass is 19.3. The third kappa shape index (κ3) is 8.92. The summed E-state index contributed by atoms with van der Waals surface area (Å²) in [4.78, 5) is 24.4. The first kappa shape index (κ1) is 34.9. The maximum absolute atomic E-state index is 13.8. The van der Waals surface area contributed by atoms with Crippen LogP contribution < -0.4 is 14.4 Å². The Kier molecular flexibility index (Phi) is 11.5. The predicted molar refractivity (Wildman–Crippen MR) is 177 cm³/mol. The Labute approximate surface area is 282 Å². The molecular formula is C38H35F4N3O4. The van der Waals surface area contributed by atoms with Gasteiger partial charge in [-0.2, -0.15) is 17.6 Å². The van der Waals surface area contributed by atoms with E-state index in [4.69, 9.17) is 9.72 Å². The van der Waals surface area contributed by atoms with Crippen molar-refractivity contribution in [3.63, 3.8) is 0 Å². The van der Waals surface area contributed by atoms with Gasteiger partial charge in [0, 0.05) is 30.4 Å². The number of hydrogen-bond donors (Lipinski definition) is 0. The van der Waals surface area contributed by atoms with Crippen molar-refractivity contribution in [1.29, 1.82) is 0 Å². The standard InChI is InChI=1S/C38H35F4N3O4/c1-24-10-9-14-31(25(24)2)26(3)45(38(46)47-23-27-11-5-4-6-12-27)35-18-16-29(22-44-35)32(21-30-13-7-8-19-43-30)28-15-17-33(48-36(39)40)34(20-28)49-37(41)42/h4-20,22,26,32,36-37H,21,23H2,1-3H3. The largest absolute Gasteiger partial charge is 0.444 e. The van der Waals surface area contributed by atoms with E-state index < -0.39 is 42.8 Å². The molecule has 0 N–H and O–H groups in total. The van der Waals surface area contributed by atoms with Crippen LogP contribution in [0.4, 0.5) is 28.2 Å². The fourth-order valence-corrected chi connectivity index (χ4v) is 5.63. The summed E-state index contributed by atoms with van der Waals surface area (Å²) in [5.41, 5.74) is 5.67. The number of pyridine rings is 2. The minimum atomic E-state index is -3.27. The normalized spacial score (nSPS) is 12.4. The van der Waals surface area contributed by atoms with Crippen LogP contribution in [0.15, 0.2) is 109 Å². The van der Waals surface area contributed by atoms with E-state index in [0.29, 0.717) is 29.1 Å². The molecule has 1 amide bonds. The summed E-state index contributed by atoms with van der Waals surface area (Å²) in [6.07, 6.45) is 2.94. The quantitative estimate of drug-likeness (QED) is 0.116.